The van der Waals surface area contributed by atoms with Gasteiger partial charge in [-0.15, -0.1) is 11.8 Å². The van der Waals surface area contributed by atoms with Crippen molar-refractivity contribution in [2.24, 2.45) is 0 Å². The van der Waals surface area contributed by atoms with Crippen molar-refractivity contribution in [2.45, 2.75) is 11.8 Å². The Morgan fingerprint density at radius 3 is 2.26 bits per heavy atom. The van der Waals surface area contributed by atoms with Crippen LogP contribution in [0.3, 0.4) is 0 Å². The van der Waals surface area contributed by atoms with Gasteiger partial charge in [0, 0.05) is 22.2 Å². The van der Waals surface area contributed by atoms with E-state index in [1.165, 1.54) is 18.9 Å². The molecule has 4 aromatic rings. The Morgan fingerprint density at radius 1 is 0.810 bits per heavy atom. The Morgan fingerprint density at radius 2 is 1.57 bits per heavy atom. The van der Waals surface area contributed by atoms with Crippen LogP contribution < -0.4 is 25.4 Å². The Bertz CT molecular complexity index is 1590. The Kier molecular flexibility index (Phi) is 10.4. The quantitative estimate of drug-likeness (QED) is 0.145. The zero-order valence-electron chi connectivity index (χ0n) is 23.5. The van der Waals surface area contributed by atoms with Crippen LogP contribution in [0, 0.1) is 6.92 Å². The minimum Gasteiger partial charge on any atom is -0.497 e. The molecule has 0 heterocycles. The second kappa shape index (κ2) is 14.6. The maximum atomic E-state index is 13.3. The summed E-state index contributed by atoms with van der Waals surface area (Å²) in [7, 11) is 3.09. The highest BCUT2D eigenvalue weighted by Gasteiger charge is 2.15. The third kappa shape index (κ3) is 8.49. The fourth-order valence-corrected chi connectivity index (χ4v) is 4.65. The summed E-state index contributed by atoms with van der Waals surface area (Å²) in [6.07, 6.45) is 1.64. The van der Waals surface area contributed by atoms with Crippen molar-refractivity contribution < 1.29 is 23.9 Å². The van der Waals surface area contributed by atoms with Crippen molar-refractivity contribution >= 4 is 46.9 Å². The third-order valence-corrected chi connectivity index (χ3v) is 7.06. The molecule has 0 saturated heterocycles. The number of carbonyl (C=O) groups is 3. The molecule has 4 aromatic carbocycles. The number of aryl methyl sites for hydroxylation is 1. The van der Waals surface area contributed by atoms with Gasteiger partial charge in [-0.25, -0.2) is 0 Å². The smallest absolute Gasteiger partial charge is 0.272 e. The molecule has 3 N–H and O–H groups in total. The largest absolute Gasteiger partial charge is 0.497 e. The molecule has 9 heteroatoms. The van der Waals surface area contributed by atoms with Gasteiger partial charge in [-0.3, -0.25) is 14.4 Å². The number of rotatable bonds is 11. The van der Waals surface area contributed by atoms with E-state index in [0.717, 1.165) is 16.0 Å². The molecule has 0 aliphatic carbocycles. The van der Waals surface area contributed by atoms with E-state index >= 15 is 0 Å². The molecular weight excluding hydrogens is 550 g/mol. The minimum atomic E-state index is -0.465. The number of amides is 3. The van der Waals surface area contributed by atoms with E-state index in [9.17, 15) is 14.4 Å². The molecular formula is C33H31N3O5S. The van der Waals surface area contributed by atoms with Gasteiger partial charge < -0.3 is 25.4 Å². The first-order valence-electron chi connectivity index (χ1n) is 13.1. The lowest BCUT2D eigenvalue weighted by atomic mass is 10.1. The van der Waals surface area contributed by atoms with Crippen LogP contribution in [0.25, 0.3) is 6.08 Å². The van der Waals surface area contributed by atoms with Gasteiger partial charge in [0.05, 0.1) is 25.7 Å². The van der Waals surface area contributed by atoms with Crippen LogP contribution in [0.1, 0.15) is 21.5 Å². The van der Waals surface area contributed by atoms with Crippen LogP contribution in [0.5, 0.6) is 11.5 Å². The fourth-order valence-electron chi connectivity index (χ4n) is 3.95. The first-order valence-corrected chi connectivity index (χ1v) is 14.0. The zero-order chi connectivity index (χ0) is 29.9. The number of carbonyl (C=O) groups excluding carboxylic acids is 3. The van der Waals surface area contributed by atoms with E-state index in [4.69, 9.17) is 9.47 Å². The second-order valence-corrected chi connectivity index (χ2v) is 10.2. The third-order valence-electron chi connectivity index (χ3n) is 6.04. The van der Waals surface area contributed by atoms with E-state index < -0.39 is 5.91 Å². The zero-order valence-corrected chi connectivity index (χ0v) is 24.3. The number of benzene rings is 4. The predicted molar refractivity (Wildman–Crippen MR) is 167 cm³/mol. The summed E-state index contributed by atoms with van der Waals surface area (Å²) in [5, 5.41) is 8.44. The summed E-state index contributed by atoms with van der Waals surface area (Å²) in [6, 6.07) is 28.6. The SMILES string of the molecule is COc1ccc(OC)c(NC(=O)CSc2ccc(NC(=O)/C(=C/c3cccc(C)c3)NC(=O)c3ccccc3)cc2)c1. The molecule has 0 unspecified atom stereocenters. The van der Waals surface area contributed by atoms with Crippen LogP contribution >= 0.6 is 11.8 Å². The van der Waals surface area contributed by atoms with Crippen molar-refractivity contribution in [2.75, 3.05) is 30.6 Å². The number of hydrogen-bond donors (Lipinski definition) is 3. The molecule has 0 radical (unpaired) electrons. The second-order valence-electron chi connectivity index (χ2n) is 9.17. The summed E-state index contributed by atoms with van der Waals surface area (Å²) in [6.45, 7) is 1.96. The van der Waals surface area contributed by atoms with E-state index in [1.54, 1.807) is 67.8 Å². The Balaban J connectivity index is 1.40. The minimum absolute atomic E-state index is 0.109. The molecule has 0 bridgehead atoms. The van der Waals surface area contributed by atoms with Gasteiger partial charge in [0.15, 0.2) is 0 Å². The maximum absolute atomic E-state index is 13.3. The van der Waals surface area contributed by atoms with Crippen LogP contribution in [-0.2, 0) is 9.59 Å². The fraction of sp³-hybridized carbons (Fsp3) is 0.121. The molecule has 0 saturated carbocycles. The lowest BCUT2D eigenvalue weighted by molar-refractivity contribution is -0.114. The summed E-state index contributed by atoms with van der Waals surface area (Å²) < 4.78 is 10.5. The van der Waals surface area contributed by atoms with Crippen LogP contribution in [0.2, 0.25) is 0 Å². The predicted octanol–water partition coefficient (Wildman–Crippen LogP) is 6.15. The lowest BCUT2D eigenvalue weighted by Gasteiger charge is -2.12. The van der Waals surface area contributed by atoms with Gasteiger partial charge >= 0.3 is 0 Å². The average Bonchev–Trinajstić information content (AvgIpc) is 3.00. The highest BCUT2D eigenvalue weighted by molar-refractivity contribution is 8.00. The lowest BCUT2D eigenvalue weighted by Crippen LogP contribution is -2.30. The highest BCUT2D eigenvalue weighted by atomic mass is 32.2. The Labute approximate surface area is 249 Å². The molecule has 3 amide bonds. The van der Waals surface area contributed by atoms with E-state index in [0.29, 0.717) is 28.4 Å². The van der Waals surface area contributed by atoms with Crippen molar-refractivity contribution in [1.29, 1.82) is 0 Å². The maximum Gasteiger partial charge on any atom is 0.272 e. The molecule has 0 fully saturated rings. The topological polar surface area (TPSA) is 106 Å². The van der Waals surface area contributed by atoms with Gasteiger partial charge in [0.1, 0.15) is 17.2 Å². The first-order chi connectivity index (χ1) is 20.3. The number of methoxy groups -OCH3 is 2. The first kappa shape index (κ1) is 30.0. The summed E-state index contributed by atoms with van der Waals surface area (Å²) in [5.74, 6) is 0.247. The van der Waals surface area contributed by atoms with Gasteiger partial charge in [-0.1, -0.05) is 48.0 Å². The average molecular weight is 582 g/mol. The molecule has 0 aromatic heterocycles. The molecule has 4 rings (SSSR count). The van der Waals surface area contributed by atoms with Crippen molar-refractivity contribution in [3.05, 3.63) is 119 Å². The summed E-state index contributed by atoms with van der Waals surface area (Å²) in [4.78, 5) is 39.5. The summed E-state index contributed by atoms with van der Waals surface area (Å²) in [5.41, 5.74) is 3.43. The van der Waals surface area contributed by atoms with Crippen molar-refractivity contribution in [3.8, 4) is 11.5 Å². The molecule has 214 valence electrons. The normalized spacial score (nSPS) is 10.9. The van der Waals surface area contributed by atoms with Crippen molar-refractivity contribution in [3.63, 3.8) is 0 Å². The highest BCUT2D eigenvalue weighted by Crippen LogP contribution is 2.29. The molecule has 42 heavy (non-hydrogen) atoms. The van der Waals surface area contributed by atoms with Crippen LogP contribution in [0.4, 0.5) is 11.4 Å². The van der Waals surface area contributed by atoms with E-state index in [-0.39, 0.29) is 23.3 Å². The molecule has 0 atom stereocenters. The van der Waals surface area contributed by atoms with E-state index in [1.807, 2.05) is 49.4 Å². The monoisotopic (exact) mass is 581 g/mol. The molecule has 8 nitrogen and oxygen atoms in total. The number of ether oxygens (including phenoxy) is 2. The van der Waals surface area contributed by atoms with Crippen LogP contribution in [0.15, 0.2) is 108 Å². The van der Waals surface area contributed by atoms with Crippen LogP contribution in [-0.4, -0.2) is 37.7 Å². The number of hydrogen-bond acceptors (Lipinski definition) is 6. The number of nitrogens with one attached hydrogen (secondary N) is 3. The molecule has 0 spiro atoms. The molecule has 0 aliphatic rings. The van der Waals surface area contributed by atoms with Gasteiger partial charge in [0.25, 0.3) is 11.8 Å². The Hall–Kier alpha value is -5.02. The summed E-state index contributed by atoms with van der Waals surface area (Å²) >= 11 is 1.35. The van der Waals surface area contributed by atoms with Gasteiger partial charge in [-0.05, 0) is 67.1 Å². The molecule has 0 aliphatic heterocycles. The standard InChI is InChI=1S/C33H31N3O5S/c1-22-8-7-9-23(18-22)19-29(36-32(38)24-10-5-4-6-11-24)33(39)34-25-12-15-27(16-13-25)42-21-31(37)35-28-20-26(40-2)14-17-30(28)41-3/h4-20H,21H2,1-3H3,(H,34,39)(H,35,37)(H,36,38)/b29-19-. The number of anilines is 2. The van der Waals surface area contributed by atoms with Crippen molar-refractivity contribution in [1.82, 2.24) is 5.32 Å². The van der Waals surface area contributed by atoms with E-state index in [2.05, 4.69) is 16.0 Å². The number of thioether (sulfide) groups is 1. The van der Waals surface area contributed by atoms with Gasteiger partial charge in [-0.2, -0.15) is 0 Å². The van der Waals surface area contributed by atoms with Gasteiger partial charge in [0.2, 0.25) is 5.91 Å².